The van der Waals surface area contributed by atoms with Crippen LogP contribution in [0, 0.1) is 24.7 Å². The number of piperidine rings is 2. The van der Waals surface area contributed by atoms with Crippen molar-refractivity contribution in [3.05, 3.63) is 138 Å². The number of nitrogens with one attached hydrogen (secondary N) is 1. The molecule has 3 fully saturated rings. The van der Waals surface area contributed by atoms with Crippen molar-refractivity contribution >= 4 is 18.0 Å². The summed E-state index contributed by atoms with van der Waals surface area (Å²) in [6, 6.07) is 34.3. The SMILES string of the molecule is Oc1ccc2c(c1)CCC(c1ccccc1)C2c1ccc(N2CCC3(CC2)CC(CN2CCC(c4cc[c-]cc4F)CC2)CO3)cc1.[CH2-]CC(=O)N[C-]=O.[Na+]. The zero-order valence-electron chi connectivity index (χ0n) is 32.0. The molecule has 3 unspecified atom stereocenters. The van der Waals surface area contributed by atoms with Gasteiger partial charge in [-0.25, -0.2) is 0 Å². The van der Waals surface area contributed by atoms with Crippen LogP contribution in [0.4, 0.5) is 10.1 Å². The molecule has 3 saturated heterocycles. The monoisotopic (exact) mass is 751 g/mol. The van der Waals surface area contributed by atoms with E-state index in [4.69, 9.17) is 4.74 Å². The summed E-state index contributed by atoms with van der Waals surface area (Å²) in [6.07, 6.45) is 8.73. The predicted molar refractivity (Wildman–Crippen MR) is 210 cm³/mol. The maximum Gasteiger partial charge on any atom is 1.00 e. The summed E-state index contributed by atoms with van der Waals surface area (Å²) in [6.45, 7) is 9.30. The normalized spacial score (nSPS) is 22.1. The molecular formula is C46H51FN3NaO4-2. The molecule has 0 bridgehead atoms. The van der Waals surface area contributed by atoms with E-state index in [2.05, 4.69) is 83.5 Å². The van der Waals surface area contributed by atoms with Crippen molar-refractivity contribution in [2.24, 2.45) is 5.92 Å². The van der Waals surface area contributed by atoms with Crippen molar-refractivity contribution in [3.8, 4) is 5.75 Å². The molecule has 7 nitrogen and oxygen atoms in total. The second-order valence-corrected chi connectivity index (χ2v) is 15.5. The molecule has 0 saturated carbocycles. The van der Waals surface area contributed by atoms with Crippen molar-refractivity contribution in [2.45, 2.75) is 74.7 Å². The number of carbonyl (C=O) groups excluding carboxylic acids is 2. The van der Waals surface area contributed by atoms with Gasteiger partial charge >= 0.3 is 29.6 Å². The Balaban J connectivity index is 0.000000589. The van der Waals surface area contributed by atoms with Gasteiger partial charge in [0.1, 0.15) is 5.75 Å². The van der Waals surface area contributed by atoms with Crippen LogP contribution >= 0.6 is 0 Å². The summed E-state index contributed by atoms with van der Waals surface area (Å²) in [7, 11) is 0. The number of phenols is 1. The van der Waals surface area contributed by atoms with E-state index in [-0.39, 0.29) is 53.3 Å². The molecule has 8 rings (SSSR count). The number of rotatable bonds is 8. The number of aromatic hydroxyl groups is 1. The number of aryl methyl sites for hydroxylation is 1. The number of ether oxygens (including phenoxy) is 1. The number of likely N-dealkylation sites (tertiary alicyclic amines) is 1. The summed E-state index contributed by atoms with van der Waals surface area (Å²) in [5, 5.41) is 12.0. The molecule has 4 aliphatic rings. The number of benzene rings is 4. The molecule has 55 heavy (non-hydrogen) atoms. The first-order valence-corrected chi connectivity index (χ1v) is 19.5. The van der Waals surface area contributed by atoms with Gasteiger partial charge in [-0.2, -0.15) is 24.6 Å². The molecule has 3 heterocycles. The third kappa shape index (κ3) is 9.89. The van der Waals surface area contributed by atoms with Gasteiger partial charge < -0.3 is 41.5 Å². The first-order valence-electron chi connectivity index (χ1n) is 19.5. The number of nitrogens with zero attached hydrogens (tertiary/aromatic N) is 2. The van der Waals surface area contributed by atoms with Crippen molar-refractivity contribution in [1.29, 1.82) is 0 Å². The molecule has 3 atom stereocenters. The average Bonchev–Trinajstić information content (AvgIpc) is 3.60. The number of carbonyl (C=O) groups is 1. The molecule has 4 aromatic rings. The van der Waals surface area contributed by atoms with E-state index in [9.17, 15) is 19.1 Å². The van der Waals surface area contributed by atoms with E-state index in [1.807, 2.05) is 24.3 Å². The van der Waals surface area contributed by atoms with Crippen LogP contribution in [0.15, 0.2) is 91.0 Å². The van der Waals surface area contributed by atoms with E-state index in [1.54, 1.807) is 5.32 Å². The number of amides is 2. The molecule has 1 spiro atoms. The summed E-state index contributed by atoms with van der Waals surface area (Å²) < 4.78 is 20.9. The minimum Gasteiger partial charge on any atom is -0.508 e. The fourth-order valence-corrected chi connectivity index (χ4v) is 9.41. The molecule has 3 aliphatic heterocycles. The Kier molecular flexibility index (Phi) is 14.3. The molecule has 284 valence electrons. The van der Waals surface area contributed by atoms with E-state index in [0.29, 0.717) is 23.5 Å². The number of phenolic OH excluding ortho intramolecular Hbond substituents is 1. The van der Waals surface area contributed by atoms with Gasteiger partial charge in [0.25, 0.3) is 0 Å². The summed E-state index contributed by atoms with van der Waals surface area (Å²) in [5.74, 6) is 1.44. The van der Waals surface area contributed by atoms with Crippen LogP contribution in [0.25, 0.3) is 0 Å². The molecular weight excluding hydrogens is 701 g/mol. The van der Waals surface area contributed by atoms with Crippen molar-refractivity contribution in [3.63, 3.8) is 0 Å². The Morgan fingerprint density at radius 1 is 0.964 bits per heavy atom. The first kappa shape index (κ1) is 41.1. The summed E-state index contributed by atoms with van der Waals surface area (Å²) in [5.41, 5.74) is 7.54. The quantitative estimate of drug-likeness (QED) is 0.153. The van der Waals surface area contributed by atoms with Crippen LogP contribution in [-0.4, -0.2) is 67.3 Å². The maximum absolute atomic E-state index is 14.3. The van der Waals surface area contributed by atoms with Gasteiger partial charge in [0.15, 0.2) is 0 Å². The van der Waals surface area contributed by atoms with E-state index >= 15 is 0 Å². The van der Waals surface area contributed by atoms with Crippen molar-refractivity contribution in [2.75, 3.05) is 44.2 Å². The minimum absolute atomic E-state index is 0. The number of halogens is 1. The van der Waals surface area contributed by atoms with Gasteiger partial charge in [0.2, 0.25) is 0 Å². The zero-order valence-corrected chi connectivity index (χ0v) is 34.0. The smallest absolute Gasteiger partial charge is 0.508 e. The second kappa shape index (κ2) is 19.1. The Morgan fingerprint density at radius 3 is 2.38 bits per heavy atom. The minimum atomic E-state index is -0.407. The number of imide groups is 1. The largest absolute Gasteiger partial charge is 1.00 e. The Bertz CT molecular complexity index is 1860. The average molecular weight is 752 g/mol. The molecule has 9 heteroatoms. The number of hydrogen-bond donors (Lipinski definition) is 2. The van der Waals surface area contributed by atoms with Gasteiger partial charge in [0.05, 0.1) is 18.6 Å². The van der Waals surface area contributed by atoms with Crippen LogP contribution in [0.2, 0.25) is 0 Å². The molecule has 0 radical (unpaired) electrons. The third-order valence-corrected chi connectivity index (χ3v) is 12.2. The fraction of sp³-hybridized carbons (Fsp3) is 0.413. The maximum atomic E-state index is 14.3. The predicted octanol–water partition coefficient (Wildman–Crippen LogP) is 4.85. The standard InChI is InChI=1S/C42H46FN2O2.C4H5NO2.Na/c43-40-9-5-4-8-37(40)32-18-22-44(23-19-32)28-30-27-42(47-29-30)20-24-45(25-21-42)35-13-10-33(11-14-35)41-38(31-6-2-1-3-7-31)16-12-34-26-36(46)15-17-39(34)41;1-2-4(7)5-3-6;/h1-4,6-11,13-15,17,26,30,32,38,41,46H,12,16,18-25,27-29H2;1-2H2,(H,5,6,7);/q-1;-2;+1. The van der Waals surface area contributed by atoms with Crippen LogP contribution in [0.5, 0.6) is 5.75 Å². The third-order valence-electron chi connectivity index (χ3n) is 12.2. The Morgan fingerprint density at radius 2 is 1.71 bits per heavy atom. The number of hydrogen-bond acceptors (Lipinski definition) is 6. The van der Waals surface area contributed by atoms with E-state index in [1.165, 1.54) is 40.4 Å². The summed E-state index contributed by atoms with van der Waals surface area (Å²) >= 11 is 0. The van der Waals surface area contributed by atoms with Gasteiger partial charge in [0, 0.05) is 43.0 Å². The van der Waals surface area contributed by atoms with E-state index < -0.39 is 5.91 Å². The molecule has 2 N–H and O–H groups in total. The topological polar surface area (TPSA) is 82.1 Å². The van der Waals surface area contributed by atoms with Gasteiger partial charge in [-0.3, -0.25) is 4.39 Å². The zero-order chi connectivity index (χ0) is 37.5. The van der Waals surface area contributed by atoms with Gasteiger partial charge in [-0.05, 0) is 122 Å². The Labute approximate surface area is 347 Å². The molecule has 0 aromatic heterocycles. The summed E-state index contributed by atoms with van der Waals surface area (Å²) in [4.78, 5) is 24.4. The number of anilines is 1. The van der Waals surface area contributed by atoms with Crippen LogP contribution < -0.4 is 39.8 Å². The van der Waals surface area contributed by atoms with Gasteiger partial charge in [-0.15, -0.1) is 11.6 Å². The Hall–Kier alpha value is -3.53. The van der Waals surface area contributed by atoms with E-state index in [0.717, 1.165) is 89.8 Å². The van der Waals surface area contributed by atoms with Gasteiger partial charge in [-0.1, -0.05) is 48.5 Å². The van der Waals surface area contributed by atoms with Crippen LogP contribution in [0.3, 0.4) is 0 Å². The second-order valence-electron chi connectivity index (χ2n) is 15.5. The molecule has 4 aromatic carbocycles. The van der Waals surface area contributed by atoms with Crippen LogP contribution in [-0.2, 0) is 20.7 Å². The molecule has 1 aliphatic carbocycles. The van der Waals surface area contributed by atoms with Crippen molar-refractivity contribution in [1.82, 2.24) is 10.2 Å². The number of fused-ring (bicyclic) bond motifs is 1. The first-order chi connectivity index (χ1) is 26.3. The van der Waals surface area contributed by atoms with Crippen molar-refractivity contribution < 1.29 is 53.4 Å². The van der Waals surface area contributed by atoms with Crippen LogP contribution in [0.1, 0.15) is 90.5 Å². The molecule has 2 amide bonds. The fourth-order valence-electron chi connectivity index (χ4n) is 9.41.